The third-order valence-corrected chi connectivity index (χ3v) is 2.17. The van der Waals surface area contributed by atoms with Crippen LogP contribution in [0.1, 0.15) is 20.8 Å². The summed E-state index contributed by atoms with van der Waals surface area (Å²) in [4.78, 5) is 0.387. The van der Waals surface area contributed by atoms with E-state index in [1.807, 2.05) is 20.8 Å². The van der Waals surface area contributed by atoms with Gasteiger partial charge in [0.1, 0.15) is 0 Å². The Labute approximate surface area is 61.6 Å². The normalized spacial score (nSPS) is 17.4. The van der Waals surface area contributed by atoms with Gasteiger partial charge in [0.2, 0.25) is 0 Å². The summed E-state index contributed by atoms with van der Waals surface area (Å²) >= 11 is 4.76. The zero-order chi connectivity index (χ0) is 7.65. The second-order valence-corrected chi connectivity index (χ2v) is 3.24. The van der Waals surface area contributed by atoms with Crippen molar-refractivity contribution < 1.29 is 0 Å². The van der Waals surface area contributed by atoms with E-state index >= 15 is 0 Å². The van der Waals surface area contributed by atoms with Gasteiger partial charge in [-0.25, -0.2) is 0 Å². The number of hydrogen-bond acceptors (Lipinski definition) is 2. The van der Waals surface area contributed by atoms with Gasteiger partial charge in [-0.15, -0.1) is 0 Å². The SMILES string of the molecule is CC(C)[C@](C)(N)C(N)=S. The van der Waals surface area contributed by atoms with Crippen LogP contribution in [0.4, 0.5) is 0 Å². The summed E-state index contributed by atoms with van der Waals surface area (Å²) in [6.07, 6.45) is 0. The molecular formula is C6H14N2S. The van der Waals surface area contributed by atoms with Gasteiger partial charge in [0, 0.05) is 0 Å². The van der Waals surface area contributed by atoms with Crippen LogP contribution in [0.5, 0.6) is 0 Å². The quantitative estimate of drug-likeness (QED) is 0.562. The van der Waals surface area contributed by atoms with E-state index in [0.29, 0.717) is 10.9 Å². The van der Waals surface area contributed by atoms with Gasteiger partial charge in [0.25, 0.3) is 0 Å². The van der Waals surface area contributed by atoms with Crippen LogP contribution in [0, 0.1) is 5.92 Å². The molecule has 0 aliphatic heterocycles. The molecule has 4 N–H and O–H groups in total. The molecular weight excluding hydrogens is 132 g/mol. The van der Waals surface area contributed by atoms with Crippen LogP contribution in [0.3, 0.4) is 0 Å². The average molecular weight is 146 g/mol. The molecule has 54 valence electrons. The van der Waals surface area contributed by atoms with Crippen molar-refractivity contribution in [3.63, 3.8) is 0 Å². The Morgan fingerprint density at radius 3 is 1.89 bits per heavy atom. The van der Waals surface area contributed by atoms with E-state index < -0.39 is 5.54 Å². The first-order valence-electron chi connectivity index (χ1n) is 2.97. The molecule has 1 atom stereocenters. The first-order chi connectivity index (χ1) is 3.89. The Hall–Kier alpha value is -0.150. The summed E-state index contributed by atoms with van der Waals surface area (Å²) in [5.74, 6) is 0.301. The highest BCUT2D eigenvalue weighted by Crippen LogP contribution is 2.12. The topological polar surface area (TPSA) is 52.0 Å². The van der Waals surface area contributed by atoms with Crippen molar-refractivity contribution in [2.45, 2.75) is 26.3 Å². The fraction of sp³-hybridized carbons (Fsp3) is 0.833. The van der Waals surface area contributed by atoms with E-state index in [-0.39, 0.29) is 0 Å². The predicted molar refractivity (Wildman–Crippen MR) is 44.2 cm³/mol. The molecule has 0 spiro atoms. The Bertz CT molecular complexity index is 118. The van der Waals surface area contributed by atoms with E-state index in [4.69, 9.17) is 23.7 Å². The molecule has 0 aromatic heterocycles. The summed E-state index contributed by atoms with van der Waals surface area (Å²) < 4.78 is 0. The zero-order valence-corrected chi connectivity index (χ0v) is 6.96. The molecule has 0 saturated heterocycles. The van der Waals surface area contributed by atoms with Crippen LogP contribution >= 0.6 is 12.2 Å². The minimum absolute atomic E-state index is 0.301. The van der Waals surface area contributed by atoms with Crippen molar-refractivity contribution in [3.05, 3.63) is 0 Å². The van der Waals surface area contributed by atoms with E-state index in [0.717, 1.165) is 0 Å². The Balaban J connectivity index is 4.19. The molecule has 0 aromatic carbocycles. The van der Waals surface area contributed by atoms with Gasteiger partial charge in [-0.3, -0.25) is 0 Å². The van der Waals surface area contributed by atoms with E-state index in [1.165, 1.54) is 0 Å². The first-order valence-corrected chi connectivity index (χ1v) is 3.38. The molecule has 9 heavy (non-hydrogen) atoms. The molecule has 0 aliphatic carbocycles. The van der Waals surface area contributed by atoms with E-state index in [9.17, 15) is 0 Å². The largest absolute Gasteiger partial charge is 0.392 e. The molecule has 0 aliphatic rings. The van der Waals surface area contributed by atoms with Crippen molar-refractivity contribution in [2.24, 2.45) is 17.4 Å². The Morgan fingerprint density at radius 2 is 1.89 bits per heavy atom. The molecule has 0 unspecified atom stereocenters. The lowest BCUT2D eigenvalue weighted by molar-refractivity contribution is 0.450. The minimum Gasteiger partial charge on any atom is -0.392 e. The molecule has 0 heterocycles. The number of hydrogen-bond donors (Lipinski definition) is 2. The molecule has 3 heteroatoms. The van der Waals surface area contributed by atoms with Crippen LogP contribution in [-0.4, -0.2) is 10.5 Å². The summed E-state index contributed by atoms with van der Waals surface area (Å²) in [7, 11) is 0. The summed E-state index contributed by atoms with van der Waals surface area (Å²) in [5, 5.41) is 0. The standard InChI is InChI=1S/C6H14N2S/c1-4(2)6(3,8)5(7)9/h4H,8H2,1-3H3,(H2,7,9)/t6-/m0/s1. The van der Waals surface area contributed by atoms with Gasteiger partial charge in [0.15, 0.2) is 0 Å². The molecule has 0 saturated carbocycles. The monoisotopic (exact) mass is 146 g/mol. The van der Waals surface area contributed by atoms with Crippen LogP contribution in [0.2, 0.25) is 0 Å². The highest BCUT2D eigenvalue weighted by Gasteiger charge is 2.25. The maximum absolute atomic E-state index is 5.74. The van der Waals surface area contributed by atoms with Crippen molar-refractivity contribution in [1.82, 2.24) is 0 Å². The number of rotatable bonds is 2. The predicted octanol–water partition coefficient (Wildman–Crippen LogP) is 0.646. The van der Waals surface area contributed by atoms with Crippen molar-refractivity contribution >= 4 is 17.2 Å². The maximum atomic E-state index is 5.74. The van der Waals surface area contributed by atoms with Crippen LogP contribution in [0.15, 0.2) is 0 Å². The minimum atomic E-state index is -0.491. The van der Waals surface area contributed by atoms with Crippen LogP contribution < -0.4 is 11.5 Å². The van der Waals surface area contributed by atoms with Gasteiger partial charge in [0.05, 0.1) is 10.5 Å². The summed E-state index contributed by atoms with van der Waals surface area (Å²) in [5.41, 5.74) is 10.6. The third-order valence-electron chi connectivity index (χ3n) is 1.73. The van der Waals surface area contributed by atoms with Gasteiger partial charge >= 0.3 is 0 Å². The molecule has 0 bridgehead atoms. The van der Waals surface area contributed by atoms with Crippen LogP contribution in [0.25, 0.3) is 0 Å². The fourth-order valence-electron chi connectivity index (χ4n) is 0.285. The second kappa shape index (κ2) is 2.62. The highest BCUT2D eigenvalue weighted by molar-refractivity contribution is 7.80. The zero-order valence-electron chi connectivity index (χ0n) is 6.14. The average Bonchev–Trinajstić information content (AvgIpc) is 1.65. The summed E-state index contributed by atoms with van der Waals surface area (Å²) in [6, 6.07) is 0. The van der Waals surface area contributed by atoms with Gasteiger partial charge in [-0.1, -0.05) is 26.1 Å². The maximum Gasteiger partial charge on any atom is 0.0929 e. The number of thiocarbonyl (C=S) groups is 1. The smallest absolute Gasteiger partial charge is 0.0929 e. The number of nitrogens with two attached hydrogens (primary N) is 2. The lowest BCUT2D eigenvalue weighted by Gasteiger charge is -2.27. The molecule has 0 radical (unpaired) electrons. The fourth-order valence-corrected chi connectivity index (χ4v) is 0.520. The lowest BCUT2D eigenvalue weighted by atomic mass is 9.90. The molecule has 0 fully saturated rings. The second-order valence-electron chi connectivity index (χ2n) is 2.80. The molecule has 2 nitrogen and oxygen atoms in total. The molecule has 0 amide bonds. The van der Waals surface area contributed by atoms with E-state index in [2.05, 4.69) is 0 Å². The van der Waals surface area contributed by atoms with Crippen LogP contribution in [-0.2, 0) is 0 Å². The lowest BCUT2D eigenvalue weighted by Crippen LogP contribution is -2.52. The molecule has 0 rings (SSSR count). The first kappa shape index (κ1) is 8.85. The van der Waals surface area contributed by atoms with Crippen molar-refractivity contribution in [1.29, 1.82) is 0 Å². The Kier molecular flexibility index (Phi) is 2.58. The highest BCUT2D eigenvalue weighted by atomic mass is 32.1. The molecule has 0 aromatic rings. The van der Waals surface area contributed by atoms with Gasteiger partial charge < -0.3 is 11.5 Å². The van der Waals surface area contributed by atoms with Crippen molar-refractivity contribution in [2.75, 3.05) is 0 Å². The van der Waals surface area contributed by atoms with Crippen molar-refractivity contribution in [3.8, 4) is 0 Å². The van der Waals surface area contributed by atoms with E-state index in [1.54, 1.807) is 0 Å². The summed E-state index contributed by atoms with van der Waals surface area (Å²) in [6.45, 7) is 5.85. The third kappa shape index (κ3) is 1.91. The van der Waals surface area contributed by atoms with Gasteiger partial charge in [-0.05, 0) is 12.8 Å². The Morgan fingerprint density at radius 1 is 1.56 bits per heavy atom. The van der Waals surface area contributed by atoms with Gasteiger partial charge in [-0.2, -0.15) is 0 Å².